The lowest BCUT2D eigenvalue weighted by atomic mass is 10.0. The second kappa shape index (κ2) is 22.9. The number of methoxy groups -OCH3 is 1. The standard InChI is InChI=1S/C34H55N5O6/c1-29-10-8-12-31(36-29)33(14-6-4-3-5-7-15-35)39-18-22-44-26-24-42-20-16-38(17-21-43-25-27-45-23-19-39)28-30-11-9-13-32(37-30)34(40)41-2/h8-13,33H,3-7,14-28,35H2,1-2H3. The number of aromatic nitrogens is 2. The van der Waals surface area contributed by atoms with E-state index in [0.717, 1.165) is 56.0 Å². The number of hydrogen-bond donors (Lipinski definition) is 1. The Labute approximate surface area is 269 Å². The summed E-state index contributed by atoms with van der Waals surface area (Å²) in [7, 11) is 1.36. The Morgan fingerprint density at radius 3 is 2.02 bits per heavy atom. The van der Waals surface area contributed by atoms with Crippen molar-refractivity contribution in [1.82, 2.24) is 19.8 Å². The molecule has 11 nitrogen and oxygen atoms in total. The maximum absolute atomic E-state index is 11.9. The summed E-state index contributed by atoms with van der Waals surface area (Å²) in [6, 6.07) is 11.9. The van der Waals surface area contributed by atoms with Gasteiger partial charge in [-0.25, -0.2) is 9.78 Å². The predicted octanol–water partition coefficient (Wildman–Crippen LogP) is 3.80. The molecule has 0 amide bonds. The third-order valence-electron chi connectivity index (χ3n) is 7.85. The molecule has 1 aliphatic heterocycles. The summed E-state index contributed by atoms with van der Waals surface area (Å²) in [6.07, 6.45) is 6.90. The van der Waals surface area contributed by atoms with E-state index in [-0.39, 0.29) is 6.04 Å². The molecule has 252 valence electrons. The van der Waals surface area contributed by atoms with Gasteiger partial charge in [0.1, 0.15) is 5.69 Å². The number of hydrogen-bond acceptors (Lipinski definition) is 11. The minimum atomic E-state index is -0.442. The Morgan fingerprint density at radius 1 is 0.800 bits per heavy atom. The number of nitrogens with two attached hydrogens (primary N) is 1. The Kier molecular flexibility index (Phi) is 18.8. The maximum Gasteiger partial charge on any atom is 0.356 e. The number of esters is 1. The van der Waals surface area contributed by atoms with Gasteiger partial charge in [-0.1, -0.05) is 37.8 Å². The van der Waals surface area contributed by atoms with Crippen molar-refractivity contribution in [2.75, 3.05) is 92.7 Å². The van der Waals surface area contributed by atoms with E-state index >= 15 is 0 Å². The number of carbonyl (C=O) groups excluding carboxylic acids is 1. The molecule has 2 aromatic rings. The summed E-state index contributed by atoms with van der Waals surface area (Å²) in [5.74, 6) is -0.442. The van der Waals surface area contributed by atoms with Crippen LogP contribution in [0, 0.1) is 6.92 Å². The van der Waals surface area contributed by atoms with Crippen molar-refractivity contribution in [2.45, 2.75) is 58.0 Å². The lowest BCUT2D eigenvalue weighted by Gasteiger charge is -2.32. The summed E-state index contributed by atoms with van der Waals surface area (Å²) in [5.41, 5.74) is 8.92. The molecule has 1 aliphatic rings. The minimum absolute atomic E-state index is 0.207. The summed E-state index contributed by atoms with van der Waals surface area (Å²) >= 11 is 0. The van der Waals surface area contributed by atoms with Crippen LogP contribution in [0.1, 0.15) is 72.1 Å². The van der Waals surface area contributed by atoms with E-state index in [4.69, 9.17) is 34.4 Å². The second-order valence-electron chi connectivity index (χ2n) is 11.3. The third kappa shape index (κ3) is 15.1. The molecule has 0 spiro atoms. The number of ether oxygens (including phenoxy) is 5. The highest BCUT2D eigenvalue weighted by Gasteiger charge is 2.22. The first kappa shape index (κ1) is 37.0. The van der Waals surface area contributed by atoms with Gasteiger partial charge in [-0.3, -0.25) is 14.8 Å². The number of rotatable bonds is 12. The molecule has 2 N–H and O–H groups in total. The van der Waals surface area contributed by atoms with Crippen LogP contribution in [0.3, 0.4) is 0 Å². The molecule has 1 saturated heterocycles. The van der Waals surface area contributed by atoms with E-state index in [1.165, 1.54) is 26.4 Å². The highest BCUT2D eigenvalue weighted by atomic mass is 16.5. The first-order chi connectivity index (χ1) is 22.1. The van der Waals surface area contributed by atoms with Crippen molar-refractivity contribution in [3.05, 3.63) is 59.2 Å². The Balaban J connectivity index is 1.54. The molecule has 3 heterocycles. The van der Waals surface area contributed by atoms with E-state index in [2.05, 4.69) is 39.9 Å². The van der Waals surface area contributed by atoms with Crippen molar-refractivity contribution >= 4 is 5.97 Å². The number of pyridine rings is 2. The molecule has 11 heteroatoms. The summed E-state index contributed by atoms with van der Waals surface area (Å²) < 4.78 is 28.7. The van der Waals surface area contributed by atoms with Crippen LogP contribution in [0.25, 0.3) is 0 Å². The van der Waals surface area contributed by atoms with E-state index < -0.39 is 5.97 Å². The van der Waals surface area contributed by atoms with Crippen molar-refractivity contribution in [1.29, 1.82) is 0 Å². The molecule has 1 fully saturated rings. The van der Waals surface area contributed by atoms with Crippen molar-refractivity contribution in [3.8, 4) is 0 Å². The second-order valence-corrected chi connectivity index (χ2v) is 11.3. The number of carbonyl (C=O) groups is 1. The smallest absolute Gasteiger partial charge is 0.356 e. The van der Waals surface area contributed by atoms with Crippen LogP contribution in [0.5, 0.6) is 0 Å². The van der Waals surface area contributed by atoms with Gasteiger partial charge in [0, 0.05) is 38.4 Å². The van der Waals surface area contributed by atoms with Crippen LogP contribution < -0.4 is 5.73 Å². The number of aryl methyl sites for hydroxylation is 1. The quantitative estimate of drug-likeness (QED) is 0.273. The molecule has 0 saturated carbocycles. The van der Waals surface area contributed by atoms with E-state index in [9.17, 15) is 4.79 Å². The third-order valence-corrected chi connectivity index (χ3v) is 7.85. The van der Waals surface area contributed by atoms with Crippen LogP contribution in [0.4, 0.5) is 0 Å². The first-order valence-electron chi connectivity index (χ1n) is 16.6. The largest absolute Gasteiger partial charge is 0.464 e. The van der Waals surface area contributed by atoms with Gasteiger partial charge >= 0.3 is 5.97 Å². The van der Waals surface area contributed by atoms with Crippen molar-refractivity contribution in [3.63, 3.8) is 0 Å². The fourth-order valence-corrected chi connectivity index (χ4v) is 5.38. The SMILES string of the molecule is COC(=O)c1cccc(CN2CCOCCOCCN(C(CCCCCCCN)c3cccc(C)n3)CCOCCOCC2)n1. The molecule has 0 radical (unpaired) electrons. The summed E-state index contributed by atoms with van der Waals surface area (Å²) in [5, 5.41) is 0. The molecular formula is C34H55N5O6. The van der Waals surface area contributed by atoms with Crippen LogP contribution in [0.2, 0.25) is 0 Å². The van der Waals surface area contributed by atoms with E-state index in [0.29, 0.717) is 78.2 Å². The molecule has 45 heavy (non-hydrogen) atoms. The van der Waals surface area contributed by atoms with Gasteiger partial charge in [-0.2, -0.15) is 0 Å². The normalized spacial score (nSPS) is 18.1. The Bertz CT molecular complexity index is 1060. The molecule has 1 atom stereocenters. The minimum Gasteiger partial charge on any atom is -0.464 e. The van der Waals surface area contributed by atoms with Gasteiger partial charge in [0.2, 0.25) is 0 Å². The Morgan fingerprint density at radius 2 is 1.40 bits per heavy atom. The van der Waals surface area contributed by atoms with Gasteiger partial charge in [0.15, 0.2) is 0 Å². The maximum atomic E-state index is 11.9. The fourth-order valence-electron chi connectivity index (χ4n) is 5.38. The zero-order valence-corrected chi connectivity index (χ0v) is 27.5. The molecule has 3 rings (SSSR count). The lowest BCUT2D eigenvalue weighted by molar-refractivity contribution is 0.000266. The number of unbranched alkanes of at least 4 members (excludes halogenated alkanes) is 4. The van der Waals surface area contributed by atoms with Gasteiger partial charge in [0.05, 0.1) is 77.4 Å². The zero-order valence-electron chi connectivity index (χ0n) is 27.5. The van der Waals surface area contributed by atoms with E-state index in [1.807, 2.05) is 12.1 Å². The average Bonchev–Trinajstić information content (AvgIpc) is 3.05. The summed E-state index contributed by atoms with van der Waals surface area (Å²) in [4.78, 5) is 26.0. The van der Waals surface area contributed by atoms with Crippen molar-refractivity contribution in [2.24, 2.45) is 5.73 Å². The van der Waals surface area contributed by atoms with Crippen LogP contribution in [-0.4, -0.2) is 118 Å². The van der Waals surface area contributed by atoms with Gasteiger partial charge in [-0.05, 0) is 50.6 Å². The Hall–Kier alpha value is -2.51. The first-order valence-corrected chi connectivity index (χ1v) is 16.6. The molecule has 2 aromatic heterocycles. The average molecular weight is 630 g/mol. The molecule has 0 aromatic carbocycles. The summed E-state index contributed by atoms with van der Waals surface area (Å²) in [6.45, 7) is 10.8. The van der Waals surface area contributed by atoms with Gasteiger partial charge in [0.25, 0.3) is 0 Å². The van der Waals surface area contributed by atoms with Crippen molar-refractivity contribution < 1.29 is 28.5 Å². The molecule has 1 unspecified atom stereocenters. The highest BCUT2D eigenvalue weighted by Crippen LogP contribution is 2.26. The van der Waals surface area contributed by atoms with Crippen LogP contribution >= 0.6 is 0 Å². The van der Waals surface area contributed by atoms with Gasteiger partial charge < -0.3 is 29.4 Å². The highest BCUT2D eigenvalue weighted by molar-refractivity contribution is 5.87. The molecular weight excluding hydrogens is 574 g/mol. The van der Waals surface area contributed by atoms with Crippen LogP contribution in [-0.2, 0) is 30.2 Å². The molecule has 0 aliphatic carbocycles. The lowest BCUT2D eigenvalue weighted by Crippen LogP contribution is -2.36. The fraction of sp³-hybridized carbons (Fsp3) is 0.676. The monoisotopic (exact) mass is 629 g/mol. The van der Waals surface area contributed by atoms with Gasteiger partial charge in [-0.15, -0.1) is 0 Å². The molecule has 0 bridgehead atoms. The topological polar surface area (TPSA) is 122 Å². The predicted molar refractivity (Wildman–Crippen MR) is 174 cm³/mol. The zero-order chi connectivity index (χ0) is 32.0. The van der Waals surface area contributed by atoms with E-state index in [1.54, 1.807) is 6.07 Å². The number of nitrogens with zero attached hydrogens (tertiary/aromatic N) is 4. The van der Waals surface area contributed by atoms with Crippen LogP contribution in [0.15, 0.2) is 36.4 Å².